The van der Waals surface area contributed by atoms with Crippen molar-refractivity contribution in [2.75, 3.05) is 24.5 Å². The molecule has 0 spiro atoms. The molecule has 0 aromatic heterocycles. The lowest BCUT2D eigenvalue weighted by atomic mass is 10.1. The van der Waals surface area contributed by atoms with E-state index in [1.807, 2.05) is 19.9 Å². The number of hydrogen-bond acceptors (Lipinski definition) is 4. The van der Waals surface area contributed by atoms with Gasteiger partial charge in [0.15, 0.2) is 0 Å². The molecule has 0 heterocycles. The minimum absolute atomic E-state index is 0.0550. The van der Waals surface area contributed by atoms with Crippen molar-refractivity contribution < 1.29 is 14.7 Å². The van der Waals surface area contributed by atoms with Crippen molar-refractivity contribution in [3.05, 3.63) is 29.3 Å². The number of rotatable bonds is 6. The van der Waals surface area contributed by atoms with Gasteiger partial charge in [0, 0.05) is 13.1 Å². The molecule has 6 nitrogen and oxygen atoms in total. The molecule has 1 rings (SSSR count). The van der Waals surface area contributed by atoms with Gasteiger partial charge in [-0.1, -0.05) is 0 Å². The van der Waals surface area contributed by atoms with Crippen molar-refractivity contribution in [1.29, 1.82) is 5.26 Å². The van der Waals surface area contributed by atoms with E-state index in [-0.39, 0.29) is 23.6 Å². The van der Waals surface area contributed by atoms with Gasteiger partial charge in [-0.2, -0.15) is 5.26 Å². The first-order valence-electron chi connectivity index (χ1n) is 6.32. The van der Waals surface area contributed by atoms with E-state index in [1.165, 1.54) is 12.1 Å². The Balaban J connectivity index is 3.06. The van der Waals surface area contributed by atoms with Crippen LogP contribution in [0.4, 0.5) is 5.69 Å². The monoisotopic (exact) mass is 275 g/mol. The van der Waals surface area contributed by atoms with Crippen LogP contribution in [0.5, 0.6) is 0 Å². The standard InChI is InChI=1S/C14H17N3O3/c1-3-16-13(18)9-17(4-2)12-6-5-10(14(19)20)7-11(12)8-15/h5-7H,3-4,9H2,1-2H3,(H,16,18)(H,19,20). The molecule has 1 aromatic rings. The highest BCUT2D eigenvalue weighted by Gasteiger charge is 2.15. The molecule has 2 N–H and O–H groups in total. The number of aromatic carboxylic acids is 1. The number of carbonyl (C=O) groups is 2. The zero-order valence-corrected chi connectivity index (χ0v) is 11.5. The van der Waals surface area contributed by atoms with Gasteiger partial charge >= 0.3 is 5.97 Å². The Morgan fingerprint density at radius 3 is 2.60 bits per heavy atom. The largest absolute Gasteiger partial charge is 0.478 e. The number of anilines is 1. The van der Waals surface area contributed by atoms with Gasteiger partial charge in [0.05, 0.1) is 23.4 Å². The maximum absolute atomic E-state index is 11.6. The van der Waals surface area contributed by atoms with Crippen molar-refractivity contribution >= 4 is 17.6 Å². The summed E-state index contributed by atoms with van der Waals surface area (Å²) in [5, 5.41) is 20.7. The third-order valence-corrected chi connectivity index (χ3v) is 2.79. The van der Waals surface area contributed by atoms with Crippen molar-refractivity contribution in [1.82, 2.24) is 5.32 Å². The Labute approximate surface area is 117 Å². The van der Waals surface area contributed by atoms with E-state index >= 15 is 0 Å². The maximum Gasteiger partial charge on any atom is 0.335 e. The summed E-state index contributed by atoms with van der Waals surface area (Å²) >= 11 is 0. The van der Waals surface area contributed by atoms with Crippen LogP contribution in [-0.2, 0) is 4.79 Å². The van der Waals surface area contributed by atoms with Crippen LogP contribution in [0.15, 0.2) is 18.2 Å². The van der Waals surface area contributed by atoms with Gasteiger partial charge < -0.3 is 15.3 Å². The second-order valence-electron chi connectivity index (χ2n) is 4.12. The number of hydrogen-bond donors (Lipinski definition) is 2. The third kappa shape index (κ3) is 3.72. The molecule has 1 amide bonds. The van der Waals surface area contributed by atoms with E-state index < -0.39 is 5.97 Å². The van der Waals surface area contributed by atoms with Crippen LogP contribution in [-0.4, -0.2) is 36.6 Å². The summed E-state index contributed by atoms with van der Waals surface area (Å²) < 4.78 is 0. The molecule has 0 radical (unpaired) electrons. The molecule has 0 saturated heterocycles. The summed E-state index contributed by atoms with van der Waals surface area (Å²) in [5.74, 6) is -1.22. The van der Waals surface area contributed by atoms with Gasteiger partial charge in [0.1, 0.15) is 6.07 Å². The molecule has 0 atom stereocenters. The first-order chi connectivity index (χ1) is 9.53. The van der Waals surface area contributed by atoms with Crippen LogP contribution in [0.25, 0.3) is 0 Å². The van der Waals surface area contributed by atoms with Gasteiger partial charge in [-0.3, -0.25) is 4.79 Å². The molecule has 0 aliphatic heterocycles. The first kappa shape index (κ1) is 15.5. The number of likely N-dealkylation sites (N-methyl/N-ethyl adjacent to an activating group) is 2. The van der Waals surface area contributed by atoms with E-state index in [0.29, 0.717) is 18.8 Å². The Hall–Kier alpha value is -2.55. The van der Waals surface area contributed by atoms with E-state index in [1.54, 1.807) is 11.0 Å². The van der Waals surface area contributed by atoms with Crippen LogP contribution in [0.2, 0.25) is 0 Å². The minimum Gasteiger partial charge on any atom is -0.478 e. The van der Waals surface area contributed by atoms with Gasteiger partial charge in [-0.15, -0.1) is 0 Å². The Morgan fingerprint density at radius 1 is 1.40 bits per heavy atom. The van der Waals surface area contributed by atoms with E-state index in [9.17, 15) is 9.59 Å². The average Bonchev–Trinajstić information content (AvgIpc) is 2.44. The lowest BCUT2D eigenvalue weighted by Crippen LogP contribution is -2.37. The van der Waals surface area contributed by atoms with Crippen LogP contribution < -0.4 is 10.2 Å². The highest BCUT2D eigenvalue weighted by molar-refractivity contribution is 5.89. The summed E-state index contributed by atoms with van der Waals surface area (Å²) in [6.45, 7) is 4.91. The number of carboxylic acid groups (broad SMARTS) is 1. The highest BCUT2D eigenvalue weighted by Crippen LogP contribution is 2.21. The zero-order valence-electron chi connectivity index (χ0n) is 11.5. The van der Waals surface area contributed by atoms with E-state index in [4.69, 9.17) is 10.4 Å². The second kappa shape index (κ2) is 7.14. The molecule has 0 unspecified atom stereocenters. The number of nitrogens with one attached hydrogen (secondary N) is 1. The molecule has 0 saturated carbocycles. The summed E-state index contributed by atoms with van der Waals surface area (Å²) in [5.41, 5.74) is 0.863. The van der Waals surface area contributed by atoms with Crippen molar-refractivity contribution in [2.45, 2.75) is 13.8 Å². The van der Waals surface area contributed by atoms with Crippen LogP contribution >= 0.6 is 0 Å². The van der Waals surface area contributed by atoms with Gasteiger partial charge in [0.25, 0.3) is 0 Å². The molecule has 6 heteroatoms. The quantitative estimate of drug-likeness (QED) is 0.814. The van der Waals surface area contributed by atoms with E-state index in [2.05, 4.69) is 5.32 Å². The predicted octanol–water partition coefficient (Wildman–Crippen LogP) is 1.22. The number of benzene rings is 1. The third-order valence-electron chi connectivity index (χ3n) is 2.79. The lowest BCUT2D eigenvalue weighted by molar-refractivity contribution is -0.119. The molecular weight excluding hydrogens is 258 g/mol. The second-order valence-corrected chi connectivity index (χ2v) is 4.12. The molecule has 20 heavy (non-hydrogen) atoms. The number of carbonyl (C=O) groups excluding carboxylic acids is 1. The average molecular weight is 275 g/mol. The number of nitriles is 1. The fourth-order valence-electron chi connectivity index (χ4n) is 1.83. The smallest absolute Gasteiger partial charge is 0.335 e. The fourth-order valence-corrected chi connectivity index (χ4v) is 1.83. The molecule has 106 valence electrons. The van der Waals surface area contributed by atoms with Gasteiger partial charge in [-0.05, 0) is 32.0 Å². The highest BCUT2D eigenvalue weighted by atomic mass is 16.4. The SMILES string of the molecule is CCNC(=O)CN(CC)c1ccc(C(=O)O)cc1C#N. The summed E-state index contributed by atoms with van der Waals surface area (Å²) in [6, 6.07) is 6.28. The number of nitrogens with zero attached hydrogens (tertiary/aromatic N) is 2. The Morgan fingerprint density at radius 2 is 2.10 bits per heavy atom. The minimum atomic E-state index is -1.08. The topological polar surface area (TPSA) is 93.4 Å². The Bertz CT molecular complexity index is 549. The summed E-state index contributed by atoms with van der Waals surface area (Å²) in [7, 11) is 0. The molecule has 1 aromatic carbocycles. The van der Waals surface area contributed by atoms with Crippen LogP contribution in [0.3, 0.4) is 0 Å². The lowest BCUT2D eigenvalue weighted by Gasteiger charge is -2.23. The van der Waals surface area contributed by atoms with Crippen molar-refractivity contribution in [2.24, 2.45) is 0 Å². The van der Waals surface area contributed by atoms with Crippen LogP contribution in [0.1, 0.15) is 29.8 Å². The predicted molar refractivity (Wildman–Crippen MR) is 74.7 cm³/mol. The van der Waals surface area contributed by atoms with E-state index in [0.717, 1.165) is 0 Å². The first-order valence-corrected chi connectivity index (χ1v) is 6.32. The zero-order chi connectivity index (χ0) is 15.1. The molecule has 0 fully saturated rings. The molecular formula is C14H17N3O3. The van der Waals surface area contributed by atoms with Crippen molar-refractivity contribution in [3.63, 3.8) is 0 Å². The van der Waals surface area contributed by atoms with Crippen molar-refractivity contribution in [3.8, 4) is 6.07 Å². The maximum atomic E-state index is 11.6. The number of carboxylic acids is 1. The fraction of sp³-hybridized carbons (Fsp3) is 0.357. The molecule has 0 aliphatic carbocycles. The summed E-state index contributed by atoms with van der Waals surface area (Å²) in [6.07, 6.45) is 0. The van der Waals surface area contributed by atoms with Crippen LogP contribution in [0, 0.1) is 11.3 Å². The van der Waals surface area contributed by atoms with Gasteiger partial charge in [0.2, 0.25) is 5.91 Å². The Kier molecular flexibility index (Phi) is 5.54. The molecule has 0 aliphatic rings. The normalized spacial score (nSPS) is 9.65. The summed E-state index contributed by atoms with van der Waals surface area (Å²) in [4.78, 5) is 24.3. The molecule has 0 bridgehead atoms. The number of amides is 1. The van der Waals surface area contributed by atoms with Gasteiger partial charge in [-0.25, -0.2) is 4.79 Å².